The van der Waals surface area contributed by atoms with Crippen molar-refractivity contribution in [1.29, 1.82) is 0 Å². The Hall–Kier alpha value is -2.99. The maximum absolute atomic E-state index is 11.9. The summed E-state index contributed by atoms with van der Waals surface area (Å²) >= 11 is 0. The molecule has 2 heterocycles. The van der Waals surface area contributed by atoms with E-state index in [0.29, 0.717) is 17.9 Å². The maximum atomic E-state index is 11.9. The van der Waals surface area contributed by atoms with Crippen LogP contribution in [0.3, 0.4) is 0 Å². The molecule has 1 aliphatic heterocycles. The molecular weight excluding hydrogens is 334 g/mol. The van der Waals surface area contributed by atoms with Gasteiger partial charge in [-0.1, -0.05) is 0 Å². The molecule has 1 unspecified atom stereocenters. The van der Waals surface area contributed by atoms with Crippen LogP contribution >= 0.6 is 0 Å². The Kier molecular flexibility index (Phi) is 4.26. The van der Waals surface area contributed by atoms with E-state index in [-0.39, 0.29) is 12.4 Å². The van der Waals surface area contributed by atoms with Crippen molar-refractivity contribution in [3.8, 4) is 17.2 Å². The first-order chi connectivity index (χ1) is 12.6. The molecule has 134 valence electrons. The average molecular weight is 354 g/mol. The van der Waals surface area contributed by atoms with Crippen molar-refractivity contribution in [1.82, 2.24) is 0 Å². The van der Waals surface area contributed by atoms with Gasteiger partial charge in [0.1, 0.15) is 24.4 Å². The Morgan fingerprint density at radius 2 is 1.88 bits per heavy atom. The Morgan fingerprint density at radius 1 is 1.04 bits per heavy atom. The van der Waals surface area contributed by atoms with Crippen molar-refractivity contribution in [2.75, 3.05) is 21.0 Å². The predicted octanol–water partition coefficient (Wildman–Crippen LogP) is 1.75. The molecule has 1 aromatic heterocycles. The van der Waals surface area contributed by atoms with Crippen LogP contribution in [0.15, 0.2) is 51.7 Å². The fraction of sp³-hybridized carbons (Fsp3) is 0.250. The number of hydrogen-bond acceptors (Lipinski definition) is 5. The number of methoxy groups -OCH3 is 1. The van der Waals surface area contributed by atoms with E-state index in [0.717, 1.165) is 34.6 Å². The quantitative estimate of drug-likeness (QED) is 0.708. The van der Waals surface area contributed by atoms with Crippen LogP contribution in [0.25, 0.3) is 11.0 Å². The van der Waals surface area contributed by atoms with Gasteiger partial charge in [0.05, 0.1) is 14.2 Å². The highest BCUT2D eigenvalue weighted by Gasteiger charge is 2.16. The van der Waals surface area contributed by atoms with Gasteiger partial charge in [-0.15, -0.1) is 0 Å². The molecule has 6 nitrogen and oxygen atoms in total. The van der Waals surface area contributed by atoms with Crippen molar-refractivity contribution >= 4 is 11.0 Å². The summed E-state index contributed by atoms with van der Waals surface area (Å²) in [6.07, 6.45) is 0. The van der Waals surface area contributed by atoms with Crippen LogP contribution in [0, 0.1) is 0 Å². The Bertz CT molecular complexity index is 1010. The second-order valence-electron chi connectivity index (χ2n) is 6.45. The van der Waals surface area contributed by atoms with E-state index in [1.165, 1.54) is 4.90 Å². The minimum Gasteiger partial charge on any atom is -0.497 e. The van der Waals surface area contributed by atoms with Gasteiger partial charge in [0.15, 0.2) is 11.5 Å². The van der Waals surface area contributed by atoms with Gasteiger partial charge in [-0.2, -0.15) is 0 Å². The number of nitrogens with one attached hydrogen (secondary N) is 1. The lowest BCUT2D eigenvalue weighted by atomic mass is 10.1. The molecule has 6 heteroatoms. The number of benzene rings is 2. The first kappa shape index (κ1) is 16.5. The van der Waals surface area contributed by atoms with Crippen LogP contribution in [0.1, 0.15) is 11.1 Å². The Balaban J connectivity index is 1.57. The van der Waals surface area contributed by atoms with Crippen molar-refractivity contribution in [2.45, 2.75) is 13.1 Å². The van der Waals surface area contributed by atoms with Crippen LogP contribution in [0.5, 0.6) is 17.2 Å². The van der Waals surface area contributed by atoms with Crippen molar-refractivity contribution in [3.05, 3.63) is 64.0 Å². The first-order valence-corrected chi connectivity index (χ1v) is 8.43. The monoisotopic (exact) mass is 354 g/mol. The largest absolute Gasteiger partial charge is 0.497 e. The van der Waals surface area contributed by atoms with Gasteiger partial charge in [-0.25, -0.2) is 4.79 Å². The van der Waals surface area contributed by atoms with E-state index in [4.69, 9.17) is 18.6 Å². The highest BCUT2D eigenvalue weighted by atomic mass is 16.7. The average Bonchev–Trinajstić information content (AvgIpc) is 3.08. The predicted molar refractivity (Wildman–Crippen MR) is 95.9 cm³/mol. The third kappa shape index (κ3) is 3.23. The Morgan fingerprint density at radius 3 is 2.73 bits per heavy atom. The molecule has 1 aliphatic rings. The number of rotatable bonds is 5. The smallest absolute Gasteiger partial charge is 0.336 e. The summed E-state index contributed by atoms with van der Waals surface area (Å²) in [5.74, 6) is 2.24. The number of ether oxygens (including phenoxy) is 3. The standard InChI is InChI=1S/C20H19NO5/c1-21(10-13-3-6-17-19(7-13)25-12-24-17)11-14-8-20(22)26-18-9-15(23-2)4-5-16(14)18/h3-9H,10-12H2,1-2H3/p+1. The minimum absolute atomic E-state index is 0.275. The molecule has 0 spiro atoms. The normalized spacial score (nSPS) is 13.8. The zero-order chi connectivity index (χ0) is 18.1. The van der Waals surface area contributed by atoms with Gasteiger partial charge in [-0.3, -0.25) is 0 Å². The highest BCUT2D eigenvalue weighted by molar-refractivity contribution is 5.81. The fourth-order valence-electron chi connectivity index (χ4n) is 3.27. The molecule has 4 rings (SSSR count). The van der Waals surface area contributed by atoms with Gasteiger partial charge >= 0.3 is 5.63 Å². The number of fused-ring (bicyclic) bond motifs is 2. The van der Waals surface area contributed by atoms with E-state index >= 15 is 0 Å². The summed E-state index contributed by atoms with van der Waals surface area (Å²) in [5.41, 5.74) is 2.30. The summed E-state index contributed by atoms with van der Waals surface area (Å²) in [4.78, 5) is 13.2. The molecular formula is C20H20NO5+. The maximum Gasteiger partial charge on any atom is 0.336 e. The summed E-state index contributed by atoms with van der Waals surface area (Å²) in [6.45, 7) is 1.77. The molecule has 0 radical (unpaired) electrons. The highest BCUT2D eigenvalue weighted by Crippen LogP contribution is 2.32. The summed E-state index contributed by atoms with van der Waals surface area (Å²) in [6, 6.07) is 13.1. The van der Waals surface area contributed by atoms with Gasteiger partial charge in [0, 0.05) is 28.6 Å². The molecule has 2 aromatic carbocycles. The SMILES string of the molecule is COc1ccc2c(C[NH+](C)Cc3ccc4c(c3)OCO4)cc(=O)oc2c1. The van der Waals surface area contributed by atoms with Crippen LogP contribution < -0.4 is 24.7 Å². The van der Waals surface area contributed by atoms with E-state index in [2.05, 4.69) is 7.05 Å². The van der Waals surface area contributed by atoms with Crippen LogP contribution in [0.4, 0.5) is 0 Å². The van der Waals surface area contributed by atoms with Gasteiger partial charge in [-0.05, 0) is 30.3 Å². The first-order valence-electron chi connectivity index (χ1n) is 8.43. The van der Waals surface area contributed by atoms with Crippen molar-refractivity contribution in [2.24, 2.45) is 0 Å². The lowest BCUT2D eigenvalue weighted by Crippen LogP contribution is -3.06. The van der Waals surface area contributed by atoms with E-state index in [1.54, 1.807) is 19.2 Å². The van der Waals surface area contributed by atoms with Crippen molar-refractivity contribution in [3.63, 3.8) is 0 Å². The van der Waals surface area contributed by atoms with Gasteiger partial charge < -0.3 is 23.5 Å². The second kappa shape index (κ2) is 6.72. The fourth-order valence-corrected chi connectivity index (χ4v) is 3.27. The molecule has 0 amide bonds. The number of quaternary nitrogens is 1. The van der Waals surface area contributed by atoms with Crippen LogP contribution in [0.2, 0.25) is 0 Å². The van der Waals surface area contributed by atoms with Gasteiger partial charge in [0.25, 0.3) is 0 Å². The van der Waals surface area contributed by atoms with Crippen LogP contribution in [-0.2, 0) is 13.1 Å². The Labute approximate surface area is 150 Å². The minimum atomic E-state index is -0.350. The van der Waals surface area contributed by atoms with Crippen LogP contribution in [-0.4, -0.2) is 21.0 Å². The zero-order valence-corrected chi connectivity index (χ0v) is 14.7. The van der Waals surface area contributed by atoms with Crippen molar-refractivity contribution < 1.29 is 23.5 Å². The third-order valence-electron chi connectivity index (χ3n) is 4.47. The summed E-state index contributed by atoms with van der Waals surface area (Å²) < 4.78 is 21.3. The molecule has 0 fully saturated rings. The van der Waals surface area contributed by atoms with E-state index in [9.17, 15) is 4.79 Å². The molecule has 0 bridgehead atoms. The molecule has 3 aromatic rings. The molecule has 26 heavy (non-hydrogen) atoms. The second-order valence-corrected chi connectivity index (χ2v) is 6.45. The molecule has 1 N–H and O–H groups in total. The number of hydrogen-bond donors (Lipinski definition) is 1. The molecule has 0 saturated carbocycles. The summed E-state index contributed by atoms with van der Waals surface area (Å²) in [5, 5.41) is 0.926. The summed E-state index contributed by atoms with van der Waals surface area (Å²) in [7, 11) is 3.68. The van der Waals surface area contributed by atoms with E-state index in [1.807, 2.05) is 30.3 Å². The molecule has 1 atom stereocenters. The lowest BCUT2D eigenvalue weighted by molar-refractivity contribution is -0.907. The zero-order valence-electron chi connectivity index (χ0n) is 14.7. The van der Waals surface area contributed by atoms with Gasteiger partial charge in [0.2, 0.25) is 6.79 Å². The molecule has 0 saturated heterocycles. The topological polar surface area (TPSA) is 62.3 Å². The van der Waals surface area contributed by atoms with E-state index < -0.39 is 0 Å². The third-order valence-corrected chi connectivity index (χ3v) is 4.47. The molecule has 0 aliphatic carbocycles. The lowest BCUT2D eigenvalue weighted by Gasteiger charge is -2.15.